The molecular weight excluding hydrogens is 342 g/mol. The third-order valence-electron chi connectivity index (χ3n) is 3.69. The normalized spacial score (nSPS) is 10.7. The second-order valence-electron chi connectivity index (χ2n) is 5.65. The number of hydrogen-bond donors (Lipinski definition) is 1. The molecule has 0 aliphatic heterocycles. The van der Waals surface area contributed by atoms with Crippen LogP contribution < -0.4 is 15.7 Å². The second-order valence-corrected chi connectivity index (χ2v) is 6.06. The molecule has 3 rings (SSSR count). The number of amides is 1. The van der Waals surface area contributed by atoms with E-state index in [1.165, 1.54) is 13.0 Å². The molecule has 0 aliphatic rings. The van der Waals surface area contributed by atoms with Gasteiger partial charge in [-0.05, 0) is 36.8 Å². The van der Waals surface area contributed by atoms with Gasteiger partial charge in [0.25, 0.3) is 0 Å². The van der Waals surface area contributed by atoms with Crippen molar-refractivity contribution in [3.05, 3.63) is 69.0 Å². The van der Waals surface area contributed by atoms with Crippen LogP contribution >= 0.6 is 11.6 Å². The average molecular weight is 358 g/mol. The zero-order valence-electron chi connectivity index (χ0n) is 13.8. The van der Waals surface area contributed by atoms with E-state index in [1.807, 2.05) is 6.92 Å². The smallest absolute Gasteiger partial charge is 0.336 e. The Morgan fingerprint density at radius 1 is 1.24 bits per heavy atom. The molecule has 1 N–H and O–H groups in total. The number of rotatable bonds is 4. The number of benzene rings is 2. The zero-order valence-corrected chi connectivity index (χ0v) is 14.5. The quantitative estimate of drug-likeness (QED) is 0.707. The van der Waals surface area contributed by atoms with Gasteiger partial charge in [-0.15, -0.1) is 0 Å². The number of ether oxygens (including phenoxy) is 1. The number of para-hydroxylation sites is 2. The number of nitrogens with one attached hydrogen (secondary N) is 1. The first-order valence-corrected chi connectivity index (χ1v) is 8.04. The standard InChI is InChI=1S/C19H16ClNO4/c1-11-7-18-14(9-15(11)20)13(8-19(23)25-18)10-24-17-6-4-3-5-16(17)21-12(2)22/h3-9H,10H2,1-2H3,(H,21,22). The third kappa shape index (κ3) is 3.83. The second kappa shape index (κ2) is 6.99. The van der Waals surface area contributed by atoms with E-state index in [1.54, 1.807) is 36.4 Å². The molecule has 1 heterocycles. The van der Waals surface area contributed by atoms with Crippen LogP contribution in [0.4, 0.5) is 5.69 Å². The number of halogens is 1. The maximum absolute atomic E-state index is 11.8. The van der Waals surface area contributed by atoms with Gasteiger partial charge in [-0.25, -0.2) is 4.79 Å². The van der Waals surface area contributed by atoms with E-state index < -0.39 is 5.63 Å². The van der Waals surface area contributed by atoms with E-state index in [-0.39, 0.29) is 12.5 Å². The largest absolute Gasteiger partial charge is 0.487 e. The monoisotopic (exact) mass is 357 g/mol. The van der Waals surface area contributed by atoms with Crippen molar-refractivity contribution in [3.8, 4) is 5.75 Å². The molecule has 0 aliphatic carbocycles. The minimum absolute atomic E-state index is 0.137. The van der Waals surface area contributed by atoms with E-state index >= 15 is 0 Å². The molecule has 2 aromatic carbocycles. The fraction of sp³-hybridized carbons (Fsp3) is 0.158. The summed E-state index contributed by atoms with van der Waals surface area (Å²) in [6.07, 6.45) is 0. The first-order chi connectivity index (χ1) is 11.9. The molecule has 0 saturated carbocycles. The highest BCUT2D eigenvalue weighted by molar-refractivity contribution is 6.32. The van der Waals surface area contributed by atoms with Gasteiger partial charge >= 0.3 is 5.63 Å². The zero-order chi connectivity index (χ0) is 18.0. The van der Waals surface area contributed by atoms with E-state index in [9.17, 15) is 9.59 Å². The van der Waals surface area contributed by atoms with Crippen LogP contribution in [0, 0.1) is 6.92 Å². The number of carbonyl (C=O) groups is 1. The Hall–Kier alpha value is -2.79. The molecule has 0 unspecified atom stereocenters. The van der Waals surface area contributed by atoms with Crippen LogP contribution in [0.15, 0.2) is 51.7 Å². The molecule has 0 spiro atoms. The fourth-order valence-electron chi connectivity index (χ4n) is 2.51. The summed E-state index contributed by atoms with van der Waals surface area (Å²) in [5.41, 5.74) is 2.06. The number of anilines is 1. The van der Waals surface area contributed by atoms with Gasteiger partial charge in [0, 0.05) is 29.0 Å². The summed E-state index contributed by atoms with van der Waals surface area (Å²) in [4.78, 5) is 23.1. The molecule has 6 heteroatoms. The lowest BCUT2D eigenvalue weighted by Gasteiger charge is -2.13. The molecule has 3 aromatic rings. The average Bonchev–Trinajstić information content (AvgIpc) is 2.55. The Morgan fingerprint density at radius 2 is 2.00 bits per heavy atom. The van der Waals surface area contributed by atoms with Crippen molar-refractivity contribution < 1.29 is 13.9 Å². The van der Waals surface area contributed by atoms with E-state index in [4.69, 9.17) is 20.8 Å². The highest BCUT2D eigenvalue weighted by atomic mass is 35.5. The van der Waals surface area contributed by atoms with Gasteiger partial charge in [-0.2, -0.15) is 0 Å². The third-order valence-corrected chi connectivity index (χ3v) is 4.10. The topological polar surface area (TPSA) is 68.5 Å². The molecule has 1 amide bonds. The minimum Gasteiger partial charge on any atom is -0.487 e. The van der Waals surface area contributed by atoms with Crippen LogP contribution in [-0.4, -0.2) is 5.91 Å². The van der Waals surface area contributed by atoms with Crippen molar-refractivity contribution in [2.75, 3.05) is 5.32 Å². The summed E-state index contributed by atoms with van der Waals surface area (Å²) < 4.78 is 11.1. The van der Waals surface area contributed by atoms with Crippen molar-refractivity contribution in [2.45, 2.75) is 20.5 Å². The predicted molar refractivity (Wildman–Crippen MR) is 97.3 cm³/mol. The van der Waals surface area contributed by atoms with Gasteiger partial charge in [0.1, 0.15) is 17.9 Å². The Labute approximate surface area is 149 Å². The summed E-state index contributed by atoms with van der Waals surface area (Å²) in [6.45, 7) is 3.41. The molecule has 0 saturated heterocycles. The van der Waals surface area contributed by atoms with Crippen molar-refractivity contribution in [1.82, 2.24) is 0 Å². The summed E-state index contributed by atoms with van der Waals surface area (Å²) in [5.74, 6) is 0.321. The number of fused-ring (bicyclic) bond motifs is 1. The van der Waals surface area contributed by atoms with Crippen molar-refractivity contribution in [2.24, 2.45) is 0 Å². The summed E-state index contributed by atoms with van der Waals surface area (Å²) in [5, 5.41) is 4.01. The molecule has 25 heavy (non-hydrogen) atoms. The highest BCUT2D eigenvalue weighted by Gasteiger charge is 2.11. The molecule has 128 valence electrons. The van der Waals surface area contributed by atoms with E-state index in [2.05, 4.69) is 5.32 Å². The SMILES string of the molecule is CC(=O)Nc1ccccc1OCc1cc(=O)oc2cc(C)c(Cl)cc12. The first kappa shape index (κ1) is 17.0. The number of carbonyl (C=O) groups excluding carboxylic acids is 1. The van der Waals surface area contributed by atoms with Crippen LogP contribution in [0.2, 0.25) is 5.02 Å². The lowest BCUT2D eigenvalue weighted by Crippen LogP contribution is -2.09. The minimum atomic E-state index is -0.456. The lowest BCUT2D eigenvalue weighted by molar-refractivity contribution is -0.114. The van der Waals surface area contributed by atoms with Crippen LogP contribution in [0.1, 0.15) is 18.1 Å². The molecule has 0 atom stereocenters. The number of aryl methyl sites for hydroxylation is 1. The van der Waals surface area contributed by atoms with Gasteiger partial charge < -0.3 is 14.5 Å². The summed E-state index contributed by atoms with van der Waals surface area (Å²) in [7, 11) is 0. The van der Waals surface area contributed by atoms with Crippen LogP contribution in [0.25, 0.3) is 11.0 Å². The molecule has 0 radical (unpaired) electrons. The highest BCUT2D eigenvalue weighted by Crippen LogP contribution is 2.28. The first-order valence-electron chi connectivity index (χ1n) is 7.66. The maximum Gasteiger partial charge on any atom is 0.336 e. The van der Waals surface area contributed by atoms with Crippen LogP contribution in [0.5, 0.6) is 5.75 Å². The molecule has 1 aromatic heterocycles. The molecular formula is C19H16ClNO4. The Bertz CT molecular complexity index is 1010. The lowest BCUT2D eigenvalue weighted by atomic mass is 10.1. The van der Waals surface area contributed by atoms with Gasteiger partial charge in [-0.3, -0.25) is 4.79 Å². The van der Waals surface area contributed by atoms with Crippen LogP contribution in [0.3, 0.4) is 0 Å². The molecule has 5 nitrogen and oxygen atoms in total. The van der Waals surface area contributed by atoms with Gasteiger partial charge in [0.05, 0.1) is 5.69 Å². The van der Waals surface area contributed by atoms with Gasteiger partial charge in [0.2, 0.25) is 5.91 Å². The van der Waals surface area contributed by atoms with Gasteiger partial charge in [0.15, 0.2) is 0 Å². The predicted octanol–water partition coefficient (Wildman–Crippen LogP) is 4.29. The maximum atomic E-state index is 11.8. The Balaban J connectivity index is 1.95. The molecule has 0 bridgehead atoms. The Morgan fingerprint density at radius 3 is 2.76 bits per heavy atom. The fourth-order valence-corrected chi connectivity index (χ4v) is 2.67. The van der Waals surface area contributed by atoms with E-state index in [0.29, 0.717) is 33.0 Å². The van der Waals surface area contributed by atoms with Crippen LogP contribution in [-0.2, 0) is 11.4 Å². The summed E-state index contributed by atoms with van der Waals surface area (Å²) >= 11 is 6.19. The molecule has 0 fully saturated rings. The van der Waals surface area contributed by atoms with Gasteiger partial charge in [-0.1, -0.05) is 23.7 Å². The van der Waals surface area contributed by atoms with Crippen molar-refractivity contribution >= 4 is 34.2 Å². The van der Waals surface area contributed by atoms with Crippen molar-refractivity contribution in [1.29, 1.82) is 0 Å². The van der Waals surface area contributed by atoms with Crippen molar-refractivity contribution in [3.63, 3.8) is 0 Å². The summed E-state index contributed by atoms with van der Waals surface area (Å²) in [6, 6.07) is 12.0. The number of hydrogen-bond acceptors (Lipinski definition) is 4. The van der Waals surface area contributed by atoms with E-state index in [0.717, 1.165) is 5.56 Å². The Kier molecular flexibility index (Phi) is 4.76.